The summed E-state index contributed by atoms with van der Waals surface area (Å²) in [6, 6.07) is 14.2. The van der Waals surface area contributed by atoms with Crippen LogP contribution >= 0.6 is 12.4 Å². The maximum absolute atomic E-state index is 10.2. The molecule has 2 aromatic carbocycles. The largest absolute Gasteiger partial charge is 0.490 e. The van der Waals surface area contributed by atoms with Gasteiger partial charge in [0.15, 0.2) is 0 Å². The molecule has 1 fully saturated rings. The second-order valence-electron chi connectivity index (χ2n) is 6.59. The summed E-state index contributed by atoms with van der Waals surface area (Å²) in [5, 5.41) is 15.9. The number of hydrogen-bond donors (Lipinski definition) is 2. The van der Waals surface area contributed by atoms with Gasteiger partial charge in [-0.3, -0.25) is 0 Å². The molecule has 1 aliphatic carbocycles. The molecule has 3 rings (SSSR count). The van der Waals surface area contributed by atoms with E-state index in [1.807, 2.05) is 24.3 Å². The number of fused-ring (bicyclic) bond motifs is 1. The number of aliphatic hydroxyl groups is 1. The molecular weight excluding hydrogens is 310 g/mol. The van der Waals surface area contributed by atoms with E-state index in [0.29, 0.717) is 13.2 Å². The highest BCUT2D eigenvalue weighted by Crippen LogP contribution is 2.29. The number of ether oxygens (including phenoxy) is 1. The average Bonchev–Trinajstić information content (AvgIpc) is 2.98. The lowest BCUT2D eigenvalue weighted by Crippen LogP contribution is -2.44. The fraction of sp³-hybridized carbons (Fsp3) is 0.474. The molecule has 1 unspecified atom stereocenters. The fourth-order valence-corrected chi connectivity index (χ4v) is 3.26. The van der Waals surface area contributed by atoms with Crippen molar-refractivity contribution in [1.29, 1.82) is 0 Å². The van der Waals surface area contributed by atoms with Gasteiger partial charge < -0.3 is 15.2 Å². The van der Waals surface area contributed by atoms with Crippen molar-refractivity contribution < 1.29 is 9.84 Å². The van der Waals surface area contributed by atoms with Crippen LogP contribution in [0.4, 0.5) is 0 Å². The summed E-state index contributed by atoms with van der Waals surface area (Å²) >= 11 is 0. The average molecular weight is 336 g/mol. The summed E-state index contributed by atoms with van der Waals surface area (Å²) in [6.45, 7) is 3.15. The van der Waals surface area contributed by atoms with Crippen LogP contribution in [0.3, 0.4) is 0 Å². The predicted octanol–water partition coefficient (Wildman–Crippen LogP) is 3.92. The number of halogens is 1. The van der Waals surface area contributed by atoms with E-state index in [9.17, 15) is 5.11 Å². The molecular formula is C19H26ClNO2. The molecule has 0 saturated heterocycles. The summed E-state index contributed by atoms with van der Waals surface area (Å²) in [5.74, 6) is 0.837. The van der Waals surface area contributed by atoms with Gasteiger partial charge in [0.2, 0.25) is 0 Å². The van der Waals surface area contributed by atoms with Crippen LogP contribution in [-0.4, -0.2) is 29.9 Å². The second-order valence-corrected chi connectivity index (χ2v) is 6.59. The highest BCUT2D eigenvalue weighted by atomic mass is 35.5. The number of hydrogen-bond acceptors (Lipinski definition) is 3. The normalized spacial score (nSPS) is 17.7. The van der Waals surface area contributed by atoms with Crippen molar-refractivity contribution in [2.24, 2.45) is 0 Å². The maximum atomic E-state index is 10.2. The zero-order valence-corrected chi connectivity index (χ0v) is 14.4. The Kier molecular flexibility index (Phi) is 6.28. The van der Waals surface area contributed by atoms with E-state index in [2.05, 4.69) is 30.4 Å². The molecule has 0 amide bonds. The molecule has 23 heavy (non-hydrogen) atoms. The predicted molar refractivity (Wildman–Crippen MR) is 97.6 cm³/mol. The molecule has 1 aliphatic rings. The molecule has 0 spiro atoms. The van der Waals surface area contributed by atoms with Crippen LogP contribution in [0.1, 0.15) is 32.6 Å². The van der Waals surface area contributed by atoms with Crippen LogP contribution in [0.5, 0.6) is 5.75 Å². The molecule has 2 aromatic rings. The number of β-amino-alcohol motifs (C(OH)–C–C–N with tert-alkyl or cyclic N) is 1. The Morgan fingerprint density at radius 2 is 1.83 bits per heavy atom. The van der Waals surface area contributed by atoms with Gasteiger partial charge in [-0.25, -0.2) is 0 Å². The zero-order chi connectivity index (χ0) is 15.4. The van der Waals surface area contributed by atoms with Gasteiger partial charge >= 0.3 is 0 Å². The van der Waals surface area contributed by atoms with Gasteiger partial charge in [0.1, 0.15) is 18.5 Å². The van der Waals surface area contributed by atoms with Gasteiger partial charge in [-0.15, -0.1) is 12.4 Å². The topological polar surface area (TPSA) is 41.5 Å². The quantitative estimate of drug-likeness (QED) is 0.840. The lowest BCUT2D eigenvalue weighted by Gasteiger charge is -2.27. The minimum atomic E-state index is -0.489. The first-order valence-corrected chi connectivity index (χ1v) is 8.20. The highest BCUT2D eigenvalue weighted by molar-refractivity contribution is 5.88. The summed E-state index contributed by atoms with van der Waals surface area (Å²) < 4.78 is 5.84. The Balaban J connectivity index is 0.00000192. The standard InChI is InChI=1S/C19H25NO2.ClH/c1-19(11-4-5-12-19)20-13-16(21)14-22-18-10-6-8-15-7-2-3-9-17(15)18;/h2-3,6-10,16,20-21H,4-5,11-14H2,1H3;1H. The van der Waals surface area contributed by atoms with Gasteiger partial charge in [0.25, 0.3) is 0 Å². The zero-order valence-electron chi connectivity index (χ0n) is 13.6. The molecule has 0 aliphatic heterocycles. The third-order valence-corrected chi connectivity index (χ3v) is 4.65. The third kappa shape index (κ3) is 4.60. The van der Waals surface area contributed by atoms with Gasteiger partial charge in [0, 0.05) is 17.5 Å². The Morgan fingerprint density at radius 3 is 2.61 bits per heavy atom. The smallest absolute Gasteiger partial charge is 0.127 e. The lowest BCUT2D eigenvalue weighted by atomic mass is 10.0. The van der Waals surface area contributed by atoms with E-state index >= 15 is 0 Å². The summed E-state index contributed by atoms with van der Waals surface area (Å²) in [4.78, 5) is 0. The molecule has 0 aromatic heterocycles. The van der Waals surface area contributed by atoms with Crippen molar-refractivity contribution in [3.8, 4) is 5.75 Å². The van der Waals surface area contributed by atoms with Crippen molar-refractivity contribution in [2.45, 2.75) is 44.2 Å². The van der Waals surface area contributed by atoms with Crippen LogP contribution in [0.2, 0.25) is 0 Å². The lowest BCUT2D eigenvalue weighted by molar-refractivity contribution is 0.0987. The molecule has 4 heteroatoms. The Morgan fingerprint density at radius 1 is 1.13 bits per heavy atom. The van der Waals surface area contributed by atoms with Crippen molar-refractivity contribution in [3.05, 3.63) is 42.5 Å². The fourth-order valence-electron chi connectivity index (χ4n) is 3.26. The number of nitrogens with one attached hydrogen (secondary N) is 1. The SMILES string of the molecule is CC1(NCC(O)COc2cccc3ccccc23)CCCC1.Cl. The second kappa shape index (κ2) is 8.00. The van der Waals surface area contributed by atoms with Gasteiger partial charge in [-0.1, -0.05) is 49.2 Å². The van der Waals surface area contributed by atoms with Crippen LogP contribution in [0.25, 0.3) is 10.8 Å². The molecule has 2 N–H and O–H groups in total. The van der Waals surface area contributed by atoms with E-state index < -0.39 is 6.10 Å². The van der Waals surface area contributed by atoms with E-state index in [4.69, 9.17) is 4.74 Å². The van der Waals surface area contributed by atoms with E-state index in [1.54, 1.807) is 0 Å². The van der Waals surface area contributed by atoms with Crippen LogP contribution in [0.15, 0.2) is 42.5 Å². The van der Waals surface area contributed by atoms with Gasteiger partial charge in [-0.05, 0) is 31.2 Å². The Labute approximate surface area is 144 Å². The summed E-state index contributed by atoms with van der Waals surface area (Å²) in [5.41, 5.74) is 0.195. The minimum Gasteiger partial charge on any atom is -0.490 e. The van der Waals surface area contributed by atoms with Crippen molar-refractivity contribution in [2.75, 3.05) is 13.2 Å². The van der Waals surface area contributed by atoms with Gasteiger partial charge in [0.05, 0.1) is 0 Å². The van der Waals surface area contributed by atoms with Crippen molar-refractivity contribution in [1.82, 2.24) is 5.32 Å². The highest BCUT2D eigenvalue weighted by Gasteiger charge is 2.28. The molecule has 1 atom stereocenters. The van der Waals surface area contributed by atoms with Gasteiger partial charge in [-0.2, -0.15) is 0 Å². The van der Waals surface area contributed by atoms with E-state index in [0.717, 1.165) is 16.5 Å². The number of benzene rings is 2. The maximum Gasteiger partial charge on any atom is 0.127 e. The molecule has 0 radical (unpaired) electrons. The number of rotatable bonds is 6. The van der Waals surface area contributed by atoms with E-state index in [-0.39, 0.29) is 17.9 Å². The first-order chi connectivity index (χ1) is 10.7. The van der Waals surface area contributed by atoms with Crippen LogP contribution < -0.4 is 10.1 Å². The molecule has 0 heterocycles. The van der Waals surface area contributed by atoms with Crippen LogP contribution in [0, 0.1) is 0 Å². The molecule has 1 saturated carbocycles. The van der Waals surface area contributed by atoms with Crippen molar-refractivity contribution in [3.63, 3.8) is 0 Å². The van der Waals surface area contributed by atoms with Crippen LogP contribution in [-0.2, 0) is 0 Å². The third-order valence-electron chi connectivity index (χ3n) is 4.65. The summed E-state index contributed by atoms with van der Waals surface area (Å²) in [6.07, 6.45) is 4.47. The molecule has 126 valence electrons. The Hall–Kier alpha value is -1.29. The Bertz CT molecular complexity index is 620. The molecule has 3 nitrogen and oxygen atoms in total. The van der Waals surface area contributed by atoms with Crippen molar-refractivity contribution >= 4 is 23.2 Å². The summed E-state index contributed by atoms with van der Waals surface area (Å²) in [7, 11) is 0. The first-order valence-electron chi connectivity index (χ1n) is 8.20. The molecule has 0 bridgehead atoms. The monoisotopic (exact) mass is 335 g/mol. The first kappa shape index (κ1) is 18.1. The number of aliphatic hydroxyl groups excluding tert-OH is 1. The minimum absolute atomic E-state index is 0. The van der Waals surface area contributed by atoms with E-state index in [1.165, 1.54) is 25.7 Å².